The molecule has 7 heteroatoms. The monoisotopic (exact) mass is 371 g/mol. The summed E-state index contributed by atoms with van der Waals surface area (Å²) in [5, 5.41) is 12.9. The highest BCUT2D eigenvalue weighted by Crippen LogP contribution is 2.29. The largest absolute Gasteiger partial charge is 0.350 e. The Bertz CT molecular complexity index is 1180. The molecule has 0 aliphatic carbocycles. The Hall–Kier alpha value is -3.35. The average molecular weight is 371 g/mol. The molecule has 0 saturated carbocycles. The van der Waals surface area contributed by atoms with Crippen LogP contribution in [0.15, 0.2) is 36.9 Å². The summed E-state index contributed by atoms with van der Waals surface area (Å²) in [6, 6.07) is 6.37. The molecule has 1 aliphatic heterocycles. The van der Waals surface area contributed by atoms with Gasteiger partial charge < -0.3 is 4.90 Å². The second-order valence-corrected chi connectivity index (χ2v) is 7.36. The Kier molecular flexibility index (Phi) is 3.82. The van der Waals surface area contributed by atoms with Crippen LogP contribution in [0.25, 0.3) is 16.8 Å². The third kappa shape index (κ3) is 2.70. The number of nitrogens with zero attached hydrogens (tertiary/aromatic N) is 7. The van der Waals surface area contributed by atoms with Crippen molar-refractivity contribution in [2.45, 2.75) is 33.7 Å². The van der Waals surface area contributed by atoms with E-state index in [1.807, 2.05) is 25.4 Å². The number of anilines is 1. The van der Waals surface area contributed by atoms with Crippen molar-refractivity contribution in [3.63, 3.8) is 0 Å². The van der Waals surface area contributed by atoms with Crippen molar-refractivity contribution < 1.29 is 0 Å². The van der Waals surface area contributed by atoms with E-state index >= 15 is 0 Å². The van der Waals surface area contributed by atoms with Gasteiger partial charge in [0, 0.05) is 65.5 Å². The summed E-state index contributed by atoms with van der Waals surface area (Å²) in [6.45, 7) is 7.86. The maximum Gasteiger partial charge on any atom is 0.180 e. The molecule has 0 radical (unpaired) electrons. The van der Waals surface area contributed by atoms with Gasteiger partial charge in [0.2, 0.25) is 0 Å². The van der Waals surface area contributed by atoms with E-state index in [0.29, 0.717) is 0 Å². The van der Waals surface area contributed by atoms with E-state index < -0.39 is 0 Å². The maximum absolute atomic E-state index is 4.77. The lowest BCUT2D eigenvalue weighted by molar-refractivity contribution is 0.688. The van der Waals surface area contributed by atoms with Crippen LogP contribution in [-0.2, 0) is 13.0 Å². The quantitative estimate of drug-likeness (QED) is 0.539. The number of aryl methyl sites for hydroxylation is 2. The van der Waals surface area contributed by atoms with Gasteiger partial charge in [-0.25, -0.2) is 0 Å². The smallest absolute Gasteiger partial charge is 0.180 e. The lowest BCUT2D eigenvalue weighted by Gasteiger charge is -2.30. The molecular formula is C21H21N7. The van der Waals surface area contributed by atoms with Gasteiger partial charge in [-0.05, 0) is 38.5 Å². The first kappa shape index (κ1) is 16.8. The minimum absolute atomic E-state index is 0.788. The van der Waals surface area contributed by atoms with Crippen molar-refractivity contribution in [2.75, 3.05) is 11.4 Å². The molecule has 0 aromatic carbocycles. The number of fused-ring (bicyclic) bond motifs is 2. The number of hydrogen-bond acceptors (Lipinski definition) is 6. The number of pyridine rings is 2. The Morgan fingerprint density at radius 3 is 2.64 bits per heavy atom. The fraction of sp³-hybridized carbons (Fsp3) is 0.286. The second kappa shape index (κ2) is 6.37. The van der Waals surface area contributed by atoms with Gasteiger partial charge in [-0.1, -0.05) is 6.07 Å². The number of hydrogen-bond donors (Lipinski definition) is 0. The molecule has 140 valence electrons. The SMILES string of the molecule is Cc1ccc(-c2cnc3c(c2)CN(c2nn4cnnc4c(C)c2C)CC3)cn1. The van der Waals surface area contributed by atoms with Crippen molar-refractivity contribution >= 4 is 11.5 Å². The Labute approximate surface area is 163 Å². The minimum Gasteiger partial charge on any atom is -0.350 e. The normalized spacial score (nSPS) is 13.8. The predicted octanol–water partition coefficient (Wildman–Crippen LogP) is 3.07. The molecule has 0 N–H and O–H groups in total. The van der Waals surface area contributed by atoms with Gasteiger partial charge in [0.25, 0.3) is 0 Å². The summed E-state index contributed by atoms with van der Waals surface area (Å²) < 4.78 is 1.76. The first-order valence-electron chi connectivity index (χ1n) is 9.43. The Morgan fingerprint density at radius 2 is 1.82 bits per heavy atom. The van der Waals surface area contributed by atoms with Crippen LogP contribution in [-0.4, -0.2) is 36.3 Å². The number of rotatable bonds is 2. The van der Waals surface area contributed by atoms with E-state index in [1.165, 1.54) is 11.3 Å². The van der Waals surface area contributed by atoms with Crippen molar-refractivity contribution in [3.8, 4) is 11.1 Å². The highest BCUT2D eigenvalue weighted by Gasteiger charge is 2.22. The Morgan fingerprint density at radius 1 is 0.964 bits per heavy atom. The standard InChI is InChI=1S/C21H21N7/c1-13-4-5-16(9-22-13)17-8-18-11-27(7-6-19(18)23-10-17)21-15(3)14(2)20-25-24-12-28(20)26-21/h4-5,8-10,12H,6-7,11H2,1-3H3. The van der Waals surface area contributed by atoms with Crippen molar-refractivity contribution in [2.24, 2.45) is 0 Å². The molecule has 5 heterocycles. The predicted molar refractivity (Wildman–Crippen MR) is 107 cm³/mol. The second-order valence-electron chi connectivity index (χ2n) is 7.36. The zero-order chi connectivity index (χ0) is 19.3. The third-order valence-corrected chi connectivity index (χ3v) is 5.55. The van der Waals surface area contributed by atoms with Crippen LogP contribution in [0.5, 0.6) is 0 Å². The average Bonchev–Trinajstić information content (AvgIpc) is 3.19. The summed E-state index contributed by atoms with van der Waals surface area (Å²) in [4.78, 5) is 11.5. The van der Waals surface area contributed by atoms with Crippen LogP contribution in [0.1, 0.15) is 28.1 Å². The third-order valence-electron chi connectivity index (χ3n) is 5.55. The molecule has 0 atom stereocenters. The van der Waals surface area contributed by atoms with Crippen LogP contribution in [0.3, 0.4) is 0 Å². The highest BCUT2D eigenvalue weighted by atomic mass is 15.4. The fourth-order valence-electron chi connectivity index (χ4n) is 3.77. The molecule has 1 aliphatic rings. The van der Waals surface area contributed by atoms with E-state index in [2.05, 4.69) is 46.1 Å². The molecule has 0 unspecified atom stereocenters. The zero-order valence-corrected chi connectivity index (χ0v) is 16.2. The van der Waals surface area contributed by atoms with Crippen LogP contribution < -0.4 is 4.90 Å². The first-order valence-corrected chi connectivity index (χ1v) is 9.43. The topological polar surface area (TPSA) is 72.1 Å². The molecule has 0 saturated heterocycles. The van der Waals surface area contributed by atoms with Gasteiger partial charge in [0.1, 0.15) is 6.33 Å². The molecule has 4 aromatic rings. The van der Waals surface area contributed by atoms with Gasteiger partial charge in [0.05, 0.1) is 0 Å². The van der Waals surface area contributed by atoms with Crippen LogP contribution in [0.2, 0.25) is 0 Å². The molecule has 0 spiro atoms. The summed E-state index contributed by atoms with van der Waals surface area (Å²) in [7, 11) is 0. The lowest BCUT2D eigenvalue weighted by Crippen LogP contribution is -2.32. The first-order chi connectivity index (χ1) is 13.6. The van der Waals surface area contributed by atoms with Crippen molar-refractivity contribution in [3.05, 3.63) is 65.0 Å². The van der Waals surface area contributed by atoms with Gasteiger partial charge in [0.15, 0.2) is 11.5 Å². The molecular weight excluding hydrogens is 350 g/mol. The lowest BCUT2D eigenvalue weighted by atomic mass is 10.0. The minimum atomic E-state index is 0.788. The van der Waals surface area contributed by atoms with Crippen LogP contribution in [0, 0.1) is 20.8 Å². The van der Waals surface area contributed by atoms with E-state index in [0.717, 1.165) is 58.9 Å². The van der Waals surface area contributed by atoms with E-state index in [1.54, 1.807) is 10.8 Å². The summed E-state index contributed by atoms with van der Waals surface area (Å²) >= 11 is 0. The van der Waals surface area contributed by atoms with Crippen LogP contribution in [0.4, 0.5) is 5.82 Å². The molecule has 5 rings (SSSR count). The van der Waals surface area contributed by atoms with Crippen molar-refractivity contribution in [1.29, 1.82) is 0 Å². The van der Waals surface area contributed by atoms with Gasteiger partial charge in [-0.2, -0.15) is 4.52 Å². The molecule has 28 heavy (non-hydrogen) atoms. The summed E-state index contributed by atoms with van der Waals surface area (Å²) in [5.41, 5.74) is 8.70. The fourth-order valence-corrected chi connectivity index (χ4v) is 3.77. The highest BCUT2D eigenvalue weighted by molar-refractivity contribution is 5.64. The van der Waals surface area contributed by atoms with E-state index in [-0.39, 0.29) is 0 Å². The summed E-state index contributed by atoms with van der Waals surface area (Å²) in [6.07, 6.45) is 6.43. The summed E-state index contributed by atoms with van der Waals surface area (Å²) in [5.74, 6) is 0.984. The maximum atomic E-state index is 4.77. The zero-order valence-electron chi connectivity index (χ0n) is 16.2. The van der Waals surface area contributed by atoms with Gasteiger partial charge in [-0.15, -0.1) is 15.3 Å². The Balaban J connectivity index is 1.52. The van der Waals surface area contributed by atoms with Crippen LogP contribution >= 0.6 is 0 Å². The van der Waals surface area contributed by atoms with Gasteiger partial charge >= 0.3 is 0 Å². The molecule has 4 aromatic heterocycles. The molecule has 0 amide bonds. The van der Waals surface area contributed by atoms with Gasteiger partial charge in [-0.3, -0.25) is 9.97 Å². The number of aromatic nitrogens is 6. The molecule has 7 nitrogen and oxygen atoms in total. The van der Waals surface area contributed by atoms with E-state index in [9.17, 15) is 0 Å². The van der Waals surface area contributed by atoms with Crippen molar-refractivity contribution in [1.82, 2.24) is 29.8 Å². The molecule has 0 bridgehead atoms. The van der Waals surface area contributed by atoms with E-state index in [4.69, 9.17) is 10.1 Å². The molecule has 0 fully saturated rings.